The van der Waals surface area contributed by atoms with Gasteiger partial charge < -0.3 is 10.5 Å². The molecule has 106 valence electrons. The second-order valence-corrected chi connectivity index (χ2v) is 5.27. The first-order chi connectivity index (χ1) is 9.49. The summed E-state index contributed by atoms with van der Waals surface area (Å²) in [6.07, 6.45) is 0. The van der Waals surface area contributed by atoms with Crippen molar-refractivity contribution in [3.63, 3.8) is 0 Å². The van der Waals surface area contributed by atoms with Crippen LogP contribution in [0.3, 0.4) is 0 Å². The van der Waals surface area contributed by atoms with Gasteiger partial charge in [-0.25, -0.2) is 4.39 Å². The Morgan fingerprint density at radius 2 is 2.00 bits per heavy atom. The summed E-state index contributed by atoms with van der Waals surface area (Å²) in [5, 5.41) is 0.863. The van der Waals surface area contributed by atoms with Crippen LogP contribution in [0.4, 0.5) is 4.39 Å². The molecule has 0 spiro atoms. The van der Waals surface area contributed by atoms with Crippen LogP contribution in [0.2, 0.25) is 10.0 Å². The molecule has 0 saturated heterocycles. The SMILES string of the molecule is CC(N)c1ccc(OCc2cccc(Cl)c2Cl)c(F)c1. The first-order valence-corrected chi connectivity index (χ1v) is 6.85. The predicted octanol–water partition coefficient (Wildman–Crippen LogP) is 4.73. The maximum absolute atomic E-state index is 13.9. The minimum atomic E-state index is -0.446. The van der Waals surface area contributed by atoms with Gasteiger partial charge in [0.25, 0.3) is 0 Å². The molecule has 0 fully saturated rings. The van der Waals surface area contributed by atoms with Crippen LogP contribution >= 0.6 is 23.2 Å². The Bertz CT molecular complexity index is 617. The van der Waals surface area contributed by atoms with Crippen LogP contribution < -0.4 is 10.5 Å². The Morgan fingerprint density at radius 1 is 1.25 bits per heavy atom. The Morgan fingerprint density at radius 3 is 2.65 bits per heavy atom. The zero-order chi connectivity index (χ0) is 14.7. The summed E-state index contributed by atoms with van der Waals surface area (Å²) in [5.74, 6) is -0.289. The number of hydrogen-bond acceptors (Lipinski definition) is 2. The molecule has 0 aliphatic rings. The molecule has 0 radical (unpaired) electrons. The molecule has 0 aromatic heterocycles. The van der Waals surface area contributed by atoms with Crippen molar-refractivity contribution in [3.05, 3.63) is 63.4 Å². The molecule has 2 aromatic rings. The first kappa shape index (κ1) is 15.1. The van der Waals surface area contributed by atoms with Crippen LogP contribution in [-0.2, 0) is 6.61 Å². The summed E-state index contributed by atoms with van der Waals surface area (Å²) in [6.45, 7) is 1.94. The number of benzene rings is 2. The molecule has 1 atom stereocenters. The van der Waals surface area contributed by atoms with Crippen molar-refractivity contribution in [2.75, 3.05) is 0 Å². The van der Waals surface area contributed by atoms with Gasteiger partial charge in [0.15, 0.2) is 11.6 Å². The highest BCUT2D eigenvalue weighted by atomic mass is 35.5. The normalized spacial score (nSPS) is 12.2. The lowest BCUT2D eigenvalue weighted by atomic mass is 10.1. The van der Waals surface area contributed by atoms with Gasteiger partial charge in [0.05, 0.1) is 10.0 Å². The number of rotatable bonds is 4. The van der Waals surface area contributed by atoms with Gasteiger partial charge in [-0.05, 0) is 30.7 Å². The molecular weight excluding hydrogens is 300 g/mol. The number of nitrogens with two attached hydrogens (primary N) is 1. The van der Waals surface area contributed by atoms with Gasteiger partial charge >= 0.3 is 0 Å². The van der Waals surface area contributed by atoms with E-state index in [0.29, 0.717) is 15.6 Å². The van der Waals surface area contributed by atoms with Gasteiger partial charge in [-0.2, -0.15) is 0 Å². The summed E-state index contributed by atoms with van der Waals surface area (Å²) in [6, 6.07) is 9.69. The average Bonchev–Trinajstić information content (AvgIpc) is 2.41. The first-order valence-electron chi connectivity index (χ1n) is 6.09. The molecule has 2 rings (SSSR count). The maximum atomic E-state index is 13.9. The molecule has 0 aliphatic heterocycles. The zero-order valence-electron chi connectivity index (χ0n) is 10.9. The van der Waals surface area contributed by atoms with Gasteiger partial charge in [-0.3, -0.25) is 0 Å². The molecule has 20 heavy (non-hydrogen) atoms. The standard InChI is InChI=1S/C15H14Cl2FNO/c1-9(19)10-5-6-14(13(18)7-10)20-8-11-3-2-4-12(16)15(11)17/h2-7,9H,8,19H2,1H3. The molecule has 0 bridgehead atoms. The van der Waals surface area contributed by atoms with E-state index in [1.165, 1.54) is 6.07 Å². The van der Waals surface area contributed by atoms with Crippen molar-refractivity contribution in [3.8, 4) is 5.75 Å². The maximum Gasteiger partial charge on any atom is 0.165 e. The summed E-state index contributed by atoms with van der Waals surface area (Å²) in [4.78, 5) is 0. The van der Waals surface area contributed by atoms with Crippen molar-refractivity contribution in [1.82, 2.24) is 0 Å². The molecule has 0 amide bonds. The minimum Gasteiger partial charge on any atom is -0.486 e. The fourth-order valence-corrected chi connectivity index (χ4v) is 2.11. The van der Waals surface area contributed by atoms with E-state index in [9.17, 15) is 4.39 Å². The predicted molar refractivity (Wildman–Crippen MR) is 79.8 cm³/mol. The molecule has 2 aromatic carbocycles. The topological polar surface area (TPSA) is 35.2 Å². The van der Waals surface area contributed by atoms with Gasteiger partial charge in [0.1, 0.15) is 6.61 Å². The van der Waals surface area contributed by atoms with E-state index in [1.54, 1.807) is 37.3 Å². The monoisotopic (exact) mass is 313 g/mol. The summed E-state index contributed by atoms with van der Waals surface area (Å²) < 4.78 is 19.3. The molecule has 2 N–H and O–H groups in total. The fourth-order valence-electron chi connectivity index (χ4n) is 1.73. The van der Waals surface area contributed by atoms with Gasteiger partial charge in [0.2, 0.25) is 0 Å². The third-order valence-corrected chi connectivity index (χ3v) is 3.75. The largest absolute Gasteiger partial charge is 0.486 e. The van der Waals surface area contributed by atoms with Crippen molar-refractivity contribution < 1.29 is 9.13 Å². The second-order valence-electron chi connectivity index (χ2n) is 4.48. The van der Waals surface area contributed by atoms with Gasteiger partial charge in [0, 0.05) is 11.6 Å². The van der Waals surface area contributed by atoms with Crippen molar-refractivity contribution in [2.45, 2.75) is 19.6 Å². The lowest BCUT2D eigenvalue weighted by Crippen LogP contribution is -2.06. The fraction of sp³-hybridized carbons (Fsp3) is 0.200. The van der Waals surface area contributed by atoms with Crippen molar-refractivity contribution in [1.29, 1.82) is 0 Å². The van der Waals surface area contributed by atoms with Crippen LogP contribution in [-0.4, -0.2) is 0 Å². The average molecular weight is 314 g/mol. The Balaban J connectivity index is 2.13. The van der Waals surface area contributed by atoms with Crippen LogP contribution in [0.15, 0.2) is 36.4 Å². The third kappa shape index (κ3) is 3.42. The molecular formula is C15H14Cl2FNO. The molecule has 2 nitrogen and oxygen atoms in total. The van der Waals surface area contributed by atoms with Crippen molar-refractivity contribution in [2.24, 2.45) is 5.73 Å². The highest BCUT2D eigenvalue weighted by Crippen LogP contribution is 2.27. The third-order valence-electron chi connectivity index (χ3n) is 2.90. The van der Waals surface area contributed by atoms with E-state index in [4.69, 9.17) is 33.7 Å². The molecule has 1 unspecified atom stereocenters. The Kier molecular flexibility index (Phi) is 4.86. The van der Waals surface area contributed by atoms with E-state index >= 15 is 0 Å². The van der Waals surface area contributed by atoms with Gasteiger partial charge in [-0.15, -0.1) is 0 Å². The molecule has 5 heteroatoms. The number of halogens is 3. The molecule has 0 aliphatic carbocycles. The van der Waals surface area contributed by atoms with E-state index < -0.39 is 5.82 Å². The Labute approximate surface area is 127 Å². The summed E-state index contributed by atoms with van der Waals surface area (Å²) >= 11 is 12.0. The van der Waals surface area contributed by atoms with Crippen molar-refractivity contribution >= 4 is 23.2 Å². The quantitative estimate of drug-likeness (QED) is 0.885. The van der Waals surface area contributed by atoms with E-state index in [0.717, 1.165) is 5.56 Å². The summed E-state index contributed by atoms with van der Waals surface area (Å²) in [5.41, 5.74) is 7.12. The lowest BCUT2D eigenvalue weighted by molar-refractivity contribution is 0.290. The van der Waals surface area contributed by atoms with Crippen LogP contribution in [0.1, 0.15) is 24.1 Å². The smallest absolute Gasteiger partial charge is 0.165 e. The number of hydrogen-bond donors (Lipinski definition) is 1. The Hall–Kier alpha value is -1.29. The van der Waals surface area contributed by atoms with E-state index in [2.05, 4.69) is 0 Å². The van der Waals surface area contributed by atoms with Crippen LogP contribution in [0, 0.1) is 5.82 Å². The van der Waals surface area contributed by atoms with Gasteiger partial charge in [-0.1, -0.05) is 41.4 Å². The lowest BCUT2D eigenvalue weighted by Gasteiger charge is -2.11. The molecule has 0 saturated carbocycles. The minimum absolute atomic E-state index is 0.147. The summed E-state index contributed by atoms with van der Waals surface area (Å²) in [7, 11) is 0. The van der Waals surface area contributed by atoms with Crippen LogP contribution in [0.25, 0.3) is 0 Å². The van der Waals surface area contributed by atoms with E-state index in [1.807, 2.05) is 0 Å². The zero-order valence-corrected chi connectivity index (χ0v) is 12.4. The molecule has 0 heterocycles. The van der Waals surface area contributed by atoms with Crippen LogP contribution in [0.5, 0.6) is 5.75 Å². The second kappa shape index (κ2) is 6.44. The number of ether oxygens (including phenoxy) is 1. The van der Waals surface area contributed by atoms with E-state index in [-0.39, 0.29) is 18.4 Å². The highest BCUT2D eigenvalue weighted by molar-refractivity contribution is 6.42. The highest BCUT2D eigenvalue weighted by Gasteiger charge is 2.09.